The summed E-state index contributed by atoms with van der Waals surface area (Å²) in [4.78, 5) is 17.9. The minimum atomic E-state index is -3.60. The molecule has 29 heavy (non-hydrogen) atoms. The third kappa shape index (κ3) is 4.14. The highest BCUT2D eigenvalue weighted by Crippen LogP contribution is 2.30. The van der Waals surface area contributed by atoms with Crippen molar-refractivity contribution in [2.75, 3.05) is 25.5 Å². The van der Waals surface area contributed by atoms with E-state index in [1.807, 2.05) is 16.0 Å². The van der Waals surface area contributed by atoms with Crippen LogP contribution in [0.5, 0.6) is 5.75 Å². The smallest absolute Gasteiger partial charge is 0.243 e. The van der Waals surface area contributed by atoms with Crippen LogP contribution in [0, 0.1) is 0 Å². The average Bonchev–Trinajstić information content (AvgIpc) is 3.30. The zero-order chi connectivity index (χ0) is 20.4. The molecule has 1 aromatic carbocycles. The lowest BCUT2D eigenvalue weighted by Gasteiger charge is -2.26. The third-order valence-corrected chi connectivity index (χ3v) is 7.55. The van der Waals surface area contributed by atoms with Crippen LogP contribution in [0.25, 0.3) is 4.96 Å². The number of nitrogens with one attached hydrogen (secondary N) is 1. The van der Waals surface area contributed by atoms with Crippen LogP contribution < -0.4 is 10.1 Å². The predicted octanol–water partition coefficient (Wildman–Crippen LogP) is 2.76. The van der Waals surface area contributed by atoms with E-state index in [1.165, 1.54) is 34.9 Å². The van der Waals surface area contributed by atoms with Gasteiger partial charge in [0, 0.05) is 30.9 Å². The molecule has 0 saturated carbocycles. The zero-order valence-electron chi connectivity index (χ0n) is 16.0. The number of sulfonamides is 1. The summed E-state index contributed by atoms with van der Waals surface area (Å²) < 4.78 is 34.6. The van der Waals surface area contributed by atoms with E-state index >= 15 is 0 Å². The number of carbonyl (C=O) groups excluding carboxylic acids is 1. The molecule has 0 spiro atoms. The second-order valence-corrected chi connectivity index (χ2v) is 9.69. The Hall–Kier alpha value is -2.43. The highest BCUT2D eigenvalue weighted by molar-refractivity contribution is 7.89. The number of anilines is 1. The van der Waals surface area contributed by atoms with Crippen LogP contribution in [0.1, 0.15) is 25.0 Å². The molecule has 1 amide bonds. The van der Waals surface area contributed by atoms with Gasteiger partial charge in [0.25, 0.3) is 0 Å². The molecule has 1 saturated heterocycles. The molecule has 10 heteroatoms. The van der Waals surface area contributed by atoms with Crippen LogP contribution in [0.2, 0.25) is 0 Å². The Balaban J connectivity index is 1.54. The summed E-state index contributed by atoms with van der Waals surface area (Å²) in [7, 11) is -2.12. The largest absolute Gasteiger partial charge is 0.495 e. The summed E-state index contributed by atoms with van der Waals surface area (Å²) in [6.07, 6.45) is 6.54. The number of fused-ring (bicyclic) bond motifs is 1. The topological polar surface area (TPSA) is 93.0 Å². The molecule has 1 N–H and O–H groups in total. The van der Waals surface area contributed by atoms with Gasteiger partial charge in [-0.2, -0.15) is 4.31 Å². The Bertz CT molecular complexity index is 1100. The standard InChI is InChI=1S/C19H22N4O4S2/c1-27-17-6-5-15(29(25,26)23-7-3-2-4-8-23)12-16(17)21-18(24)11-14-13-22-9-10-28-19(22)20-14/h5-6,9-10,12-13H,2-4,7-8,11H2,1H3,(H,21,24). The van der Waals surface area contributed by atoms with Crippen molar-refractivity contribution < 1.29 is 17.9 Å². The molecule has 1 aliphatic rings. The van der Waals surface area contributed by atoms with Crippen molar-refractivity contribution in [1.29, 1.82) is 0 Å². The minimum absolute atomic E-state index is 0.0840. The van der Waals surface area contributed by atoms with Crippen LogP contribution in [-0.2, 0) is 21.2 Å². The lowest BCUT2D eigenvalue weighted by atomic mass is 10.2. The molecule has 1 aliphatic heterocycles. The van der Waals surface area contributed by atoms with Crippen LogP contribution >= 0.6 is 11.3 Å². The van der Waals surface area contributed by atoms with Crippen molar-refractivity contribution in [2.45, 2.75) is 30.6 Å². The minimum Gasteiger partial charge on any atom is -0.495 e. The van der Waals surface area contributed by atoms with E-state index in [-0.39, 0.29) is 17.2 Å². The number of nitrogens with zero attached hydrogens (tertiary/aromatic N) is 3. The summed E-state index contributed by atoms with van der Waals surface area (Å²) in [6.45, 7) is 1.04. The summed E-state index contributed by atoms with van der Waals surface area (Å²) in [6, 6.07) is 4.55. The highest BCUT2D eigenvalue weighted by Gasteiger charge is 2.27. The van der Waals surface area contributed by atoms with Crippen molar-refractivity contribution in [3.63, 3.8) is 0 Å². The number of ether oxygens (including phenoxy) is 1. The average molecular weight is 435 g/mol. The Morgan fingerprint density at radius 3 is 2.79 bits per heavy atom. The molecule has 4 rings (SSSR count). The van der Waals surface area contributed by atoms with Gasteiger partial charge in [-0.1, -0.05) is 6.42 Å². The number of amides is 1. The fourth-order valence-corrected chi connectivity index (χ4v) is 5.68. The summed E-state index contributed by atoms with van der Waals surface area (Å²) in [5, 5.41) is 4.69. The van der Waals surface area contributed by atoms with Crippen molar-refractivity contribution in [1.82, 2.24) is 13.7 Å². The van der Waals surface area contributed by atoms with Gasteiger partial charge in [-0.25, -0.2) is 13.4 Å². The molecule has 2 aromatic heterocycles. The Morgan fingerprint density at radius 1 is 1.28 bits per heavy atom. The van der Waals surface area contributed by atoms with Gasteiger partial charge in [-0.3, -0.25) is 9.20 Å². The number of aromatic nitrogens is 2. The van der Waals surface area contributed by atoms with E-state index in [2.05, 4.69) is 10.3 Å². The lowest BCUT2D eigenvalue weighted by Crippen LogP contribution is -2.35. The van der Waals surface area contributed by atoms with Crippen molar-refractivity contribution in [3.05, 3.63) is 41.7 Å². The fraction of sp³-hybridized carbons (Fsp3) is 0.368. The molecule has 3 heterocycles. The maximum atomic E-state index is 12.9. The normalized spacial score (nSPS) is 15.5. The van der Waals surface area contributed by atoms with Gasteiger partial charge in [0.2, 0.25) is 15.9 Å². The van der Waals surface area contributed by atoms with Gasteiger partial charge >= 0.3 is 0 Å². The molecule has 0 aliphatic carbocycles. The van der Waals surface area contributed by atoms with Gasteiger partial charge < -0.3 is 10.1 Å². The highest BCUT2D eigenvalue weighted by atomic mass is 32.2. The van der Waals surface area contributed by atoms with E-state index in [1.54, 1.807) is 12.3 Å². The maximum absolute atomic E-state index is 12.9. The first kappa shape index (κ1) is 19.9. The summed E-state index contributed by atoms with van der Waals surface area (Å²) in [5.41, 5.74) is 0.974. The van der Waals surface area contributed by atoms with Crippen molar-refractivity contribution in [2.24, 2.45) is 0 Å². The van der Waals surface area contributed by atoms with Crippen LogP contribution in [0.3, 0.4) is 0 Å². The fourth-order valence-electron chi connectivity index (χ4n) is 3.42. The monoisotopic (exact) mass is 434 g/mol. The van der Waals surface area contributed by atoms with E-state index in [0.717, 1.165) is 24.2 Å². The Kier molecular flexibility index (Phi) is 5.57. The van der Waals surface area contributed by atoms with Crippen LogP contribution in [0.15, 0.2) is 40.9 Å². The van der Waals surface area contributed by atoms with E-state index in [9.17, 15) is 13.2 Å². The summed E-state index contributed by atoms with van der Waals surface area (Å²) >= 11 is 1.49. The first-order chi connectivity index (χ1) is 14.0. The number of piperidine rings is 1. The predicted molar refractivity (Wildman–Crippen MR) is 111 cm³/mol. The van der Waals surface area contributed by atoms with Gasteiger partial charge in [-0.05, 0) is 31.0 Å². The van der Waals surface area contributed by atoms with E-state index < -0.39 is 10.0 Å². The van der Waals surface area contributed by atoms with E-state index in [0.29, 0.717) is 30.2 Å². The molecule has 0 atom stereocenters. The molecule has 8 nitrogen and oxygen atoms in total. The molecule has 3 aromatic rings. The first-order valence-corrected chi connectivity index (χ1v) is 11.7. The van der Waals surface area contributed by atoms with Gasteiger partial charge in [-0.15, -0.1) is 11.3 Å². The first-order valence-electron chi connectivity index (χ1n) is 9.36. The van der Waals surface area contributed by atoms with Gasteiger partial charge in [0.05, 0.1) is 29.8 Å². The number of methoxy groups -OCH3 is 1. The SMILES string of the molecule is COc1ccc(S(=O)(=O)N2CCCCC2)cc1NC(=O)Cc1cn2ccsc2n1. The van der Waals surface area contributed by atoms with Crippen molar-refractivity contribution >= 4 is 37.9 Å². The Labute approximate surface area is 173 Å². The molecule has 0 radical (unpaired) electrons. The number of hydrogen-bond donors (Lipinski definition) is 1. The van der Waals surface area contributed by atoms with Crippen LogP contribution in [0.4, 0.5) is 5.69 Å². The van der Waals surface area contributed by atoms with Crippen LogP contribution in [-0.4, -0.2) is 48.2 Å². The quantitative estimate of drug-likeness (QED) is 0.644. The summed E-state index contributed by atoms with van der Waals surface area (Å²) in [5.74, 6) is 0.114. The molecule has 0 bridgehead atoms. The molecule has 0 unspecified atom stereocenters. The molecule has 1 fully saturated rings. The van der Waals surface area contributed by atoms with Gasteiger partial charge in [0.1, 0.15) is 5.75 Å². The molecular weight excluding hydrogens is 412 g/mol. The number of thiazole rings is 1. The second kappa shape index (κ2) is 8.13. The maximum Gasteiger partial charge on any atom is 0.243 e. The Morgan fingerprint density at radius 2 is 2.07 bits per heavy atom. The number of rotatable bonds is 6. The second-order valence-electron chi connectivity index (χ2n) is 6.88. The molecule has 154 valence electrons. The lowest BCUT2D eigenvalue weighted by molar-refractivity contribution is -0.115. The number of benzene rings is 1. The number of carbonyl (C=O) groups is 1. The zero-order valence-corrected chi connectivity index (χ0v) is 17.6. The van der Waals surface area contributed by atoms with Crippen molar-refractivity contribution in [3.8, 4) is 5.75 Å². The van der Waals surface area contributed by atoms with Gasteiger partial charge in [0.15, 0.2) is 4.96 Å². The van der Waals surface area contributed by atoms with E-state index in [4.69, 9.17) is 4.74 Å². The molecular formula is C19H22N4O4S2. The third-order valence-electron chi connectivity index (χ3n) is 4.88. The number of hydrogen-bond acceptors (Lipinski definition) is 6. The number of imidazole rings is 1.